The standard InChI is InChI=1S/C23H30N4O2/c1-5-16-18(7-3)22(12-28)24-20(16)10-14-9-15(27-26-14)11-21-17(6-2)19(8-4)23(13-29)25-21/h9,12-13,24-25H,5-8,10-11H2,1-4H3,(H,26,27). The Labute approximate surface area is 171 Å². The van der Waals surface area contributed by atoms with E-state index in [4.69, 9.17) is 0 Å². The molecule has 0 aliphatic heterocycles. The quantitative estimate of drug-likeness (QED) is 0.451. The summed E-state index contributed by atoms with van der Waals surface area (Å²) < 4.78 is 0. The van der Waals surface area contributed by atoms with E-state index in [1.54, 1.807) is 0 Å². The fraction of sp³-hybridized carbons (Fsp3) is 0.435. The van der Waals surface area contributed by atoms with Crippen molar-refractivity contribution in [3.8, 4) is 0 Å². The largest absolute Gasteiger partial charge is 0.355 e. The van der Waals surface area contributed by atoms with Gasteiger partial charge in [0, 0.05) is 29.9 Å². The Balaban J connectivity index is 1.84. The highest BCUT2D eigenvalue weighted by atomic mass is 16.1. The minimum atomic E-state index is 0.658. The average Bonchev–Trinajstić information content (AvgIpc) is 3.42. The normalized spacial score (nSPS) is 11.2. The van der Waals surface area contributed by atoms with Gasteiger partial charge in [-0.05, 0) is 54.0 Å². The molecule has 3 aromatic rings. The zero-order valence-corrected chi connectivity index (χ0v) is 17.7. The van der Waals surface area contributed by atoms with Crippen LogP contribution in [-0.2, 0) is 38.5 Å². The molecule has 0 spiro atoms. The maximum Gasteiger partial charge on any atom is 0.166 e. The van der Waals surface area contributed by atoms with Crippen molar-refractivity contribution in [2.45, 2.75) is 66.2 Å². The van der Waals surface area contributed by atoms with Crippen LogP contribution in [0.2, 0.25) is 0 Å². The van der Waals surface area contributed by atoms with E-state index in [0.717, 1.165) is 72.2 Å². The summed E-state index contributed by atoms with van der Waals surface area (Å²) in [6, 6.07) is 2.07. The molecule has 0 aliphatic rings. The number of aromatic nitrogens is 4. The predicted molar refractivity (Wildman–Crippen MR) is 114 cm³/mol. The number of hydrogen-bond acceptors (Lipinski definition) is 3. The van der Waals surface area contributed by atoms with Gasteiger partial charge in [0.1, 0.15) is 0 Å². The van der Waals surface area contributed by atoms with Gasteiger partial charge < -0.3 is 9.97 Å². The van der Waals surface area contributed by atoms with E-state index >= 15 is 0 Å². The number of aldehydes is 2. The average molecular weight is 395 g/mol. The lowest BCUT2D eigenvalue weighted by molar-refractivity contribution is 0.111. The summed E-state index contributed by atoms with van der Waals surface area (Å²) in [6.45, 7) is 8.38. The number of carbonyl (C=O) groups is 2. The third kappa shape index (κ3) is 3.97. The van der Waals surface area contributed by atoms with E-state index in [1.165, 1.54) is 11.1 Å². The molecule has 0 atom stereocenters. The lowest BCUT2D eigenvalue weighted by atomic mass is 10.0. The summed E-state index contributed by atoms with van der Waals surface area (Å²) in [5.41, 5.74) is 10.1. The molecule has 0 radical (unpaired) electrons. The Morgan fingerprint density at radius 1 is 0.759 bits per heavy atom. The lowest BCUT2D eigenvalue weighted by Crippen LogP contribution is -1.95. The molecule has 0 saturated carbocycles. The molecule has 0 aliphatic carbocycles. The molecule has 0 fully saturated rings. The van der Waals surface area contributed by atoms with Gasteiger partial charge in [0.2, 0.25) is 0 Å². The van der Waals surface area contributed by atoms with Crippen LogP contribution < -0.4 is 0 Å². The number of hydrogen-bond donors (Lipinski definition) is 3. The Morgan fingerprint density at radius 3 is 1.69 bits per heavy atom. The predicted octanol–water partition coefficient (Wildman–Crippen LogP) is 4.12. The first-order valence-corrected chi connectivity index (χ1v) is 10.5. The van der Waals surface area contributed by atoms with Crippen LogP contribution in [0, 0.1) is 0 Å². The minimum Gasteiger partial charge on any atom is -0.355 e. The molecule has 6 heteroatoms. The summed E-state index contributed by atoms with van der Waals surface area (Å²) in [6.07, 6.45) is 6.61. The van der Waals surface area contributed by atoms with Crippen LogP contribution in [0.5, 0.6) is 0 Å². The Kier molecular flexibility index (Phi) is 6.52. The van der Waals surface area contributed by atoms with Crippen molar-refractivity contribution in [3.05, 3.63) is 62.5 Å². The van der Waals surface area contributed by atoms with Crippen LogP contribution in [0.1, 0.15) is 93.7 Å². The highest BCUT2D eigenvalue weighted by molar-refractivity contribution is 5.76. The van der Waals surface area contributed by atoms with Crippen LogP contribution in [-0.4, -0.2) is 32.7 Å². The molecule has 3 heterocycles. The number of nitrogens with one attached hydrogen (secondary N) is 3. The van der Waals surface area contributed by atoms with Crippen molar-refractivity contribution >= 4 is 12.6 Å². The molecule has 6 nitrogen and oxygen atoms in total. The fourth-order valence-corrected chi connectivity index (χ4v) is 4.44. The van der Waals surface area contributed by atoms with E-state index < -0.39 is 0 Å². The molecule has 0 bridgehead atoms. The first kappa shape index (κ1) is 20.8. The van der Waals surface area contributed by atoms with Crippen LogP contribution >= 0.6 is 0 Å². The SMILES string of the molecule is CCc1c(C=O)[nH]c(Cc2cc(Cc3[nH]c(C=O)c(CC)c3CC)[nH]n2)c1CC. The molecule has 0 amide bonds. The third-order valence-corrected chi connectivity index (χ3v) is 5.74. The molecule has 0 saturated heterocycles. The van der Waals surface area contributed by atoms with E-state index in [2.05, 4.69) is 53.9 Å². The summed E-state index contributed by atoms with van der Waals surface area (Å²) in [5, 5.41) is 7.62. The van der Waals surface area contributed by atoms with Crippen LogP contribution in [0.3, 0.4) is 0 Å². The Bertz CT molecular complexity index is 928. The summed E-state index contributed by atoms with van der Waals surface area (Å²) in [4.78, 5) is 29.4. The van der Waals surface area contributed by atoms with Crippen LogP contribution in [0.25, 0.3) is 0 Å². The van der Waals surface area contributed by atoms with E-state index in [-0.39, 0.29) is 0 Å². The summed E-state index contributed by atoms with van der Waals surface area (Å²) >= 11 is 0. The molecule has 0 unspecified atom stereocenters. The molecular formula is C23H30N4O2. The van der Waals surface area contributed by atoms with Gasteiger partial charge in [0.05, 0.1) is 17.1 Å². The molecule has 3 aromatic heterocycles. The Hall–Kier alpha value is -2.89. The number of H-pyrrole nitrogens is 3. The highest BCUT2D eigenvalue weighted by Crippen LogP contribution is 2.24. The van der Waals surface area contributed by atoms with Gasteiger partial charge in [-0.2, -0.15) is 5.10 Å². The highest BCUT2D eigenvalue weighted by Gasteiger charge is 2.18. The smallest absolute Gasteiger partial charge is 0.166 e. The fourth-order valence-electron chi connectivity index (χ4n) is 4.44. The van der Waals surface area contributed by atoms with Crippen molar-refractivity contribution in [3.63, 3.8) is 0 Å². The molecule has 3 rings (SSSR count). The Morgan fingerprint density at radius 2 is 1.24 bits per heavy atom. The third-order valence-electron chi connectivity index (χ3n) is 5.74. The van der Waals surface area contributed by atoms with Gasteiger partial charge >= 0.3 is 0 Å². The molecular weight excluding hydrogens is 364 g/mol. The van der Waals surface area contributed by atoms with Gasteiger partial charge in [0.15, 0.2) is 12.6 Å². The number of carbonyl (C=O) groups excluding carboxylic acids is 2. The van der Waals surface area contributed by atoms with Crippen molar-refractivity contribution in [1.29, 1.82) is 0 Å². The second kappa shape index (κ2) is 9.07. The second-order valence-electron chi connectivity index (χ2n) is 7.34. The lowest BCUT2D eigenvalue weighted by Gasteiger charge is -2.03. The molecule has 0 aromatic carbocycles. The monoisotopic (exact) mass is 394 g/mol. The van der Waals surface area contributed by atoms with Crippen molar-refractivity contribution in [2.75, 3.05) is 0 Å². The van der Waals surface area contributed by atoms with E-state index in [9.17, 15) is 9.59 Å². The zero-order valence-electron chi connectivity index (χ0n) is 17.7. The van der Waals surface area contributed by atoms with Gasteiger partial charge in [-0.25, -0.2) is 0 Å². The topological polar surface area (TPSA) is 94.4 Å². The summed E-state index contributed by atoms with van der Waals surface area (Å²) in [5.74, 6) is 0. The maximum atomic E-state index is 11.4. The van der Waals surface area contributed by atoms with E-state index in [0.29, 0.717) is 24.2 Å². The molecule has 29 heavy (non-hydrogen) atoms. The van der Waals surface area contributed by atoms with Crippen LogP contribution in [0.4, 0.5) is 0 Å². The zero-order chi connectivity index (χ0) is 21.0. The first-order chi connectivity index (χ1) is 14.1. The van der Waals surface area contributed by atoms with Gasteiger partial charge in [-0.1, -0.05) is 27.7 Å². The van der Waals surface area contributed by atoms with Crippen LogP contribution in [0.15, 0.2) is 6.07 Å². The number of aromatic amines is 3. The molecule has 3 N–H and O–H groups in total. The van der Waals surface area contributed by atoms with Crippen molar-refractivity contribution in [2.24, 2.45) is 0 Å². The number of rotatable bonds is 10. The first-order valence-electron chi connectivity index (χ1n) is 10.5. The summed E-state index contributed by atoms with van der Waals surface area (Å²) in [7, 11) is 0. The van der Waals surface area contributed by atoms with Crippen molar-refractivity contribution in [1.82, 2.24) is 20.2 Å². The van der Waals surface area contributed by atoms with Gasteiger partial charge in [-0.3, -0.25) is 14.7 Å². The van der Waals surface area contributed by atoms with E-state index in [1.807, 2.05) is 0 Å². The van der Waals surface area contributed by atoms with Gasteiger partial charge in [0.25, 0.3) is 0 Å². The van der Waals surface area contributed by atoms with Gasteiger partial charge in [-0.15, -0.1) is 0 Å². The number of nitrogens with zero attached hydrogens (tertiary/aromatic N) is 1. The molecule has 154 valence electrons. The van der Waals surface area contributed by atoms with Crippen molar-refractivity contribution < 1.29 is 9.59 Å². The maximum absolute atomic E-state index is 11.4. The minimum absolute atomic E-state index is 0.658. The second-order valence-corrected chi connectivity index (χ2v) is 7.34.